The smallest absolute Gasteiger partial charge is 0.0311 e. The Bertz CT molecular complexity index is 128. The van der Waals surface area contributed by atoms with Crippen LogP contribution in [0.5, 0.6) is 0 Å². The predicted octanol–water partition coefficient (Wildman–Crippen LogP) is 2.72. The van der Waals surface area contributed by atoms with Gasteiger partial charge in [0.1, 0.15) is 7.85 Å². The van der Waals surface area contributed by atoms with Gasteiger partial charge in [0.05, 0.1) is 18.5 Å². The third-order valence-corrected chi connectivity index (χ3v) is 9.49. The lowest BCUT2D eigenvalue weighted by Crippen LogP contribution is -2.21. The fourth-order valence-electron chi connectivity index (χ4n) is 2.22. The molecule has 2 radical (unpaired) electrons. The standard InChI is InChI=1S/C9H19BP/c1-4-11(5-2,6-3)9(10)7-8-9/h4-8H2,1-3H3/q+1. The molecule has 1 saturated carbocycles. The molecule has 62 valence electrons. The van der Waals surface area contributed by atoms with Gasteiger partial charge >= 0.3 is 0 Å². The lowest BCUT2D eigenvalue weighted by molar-refractivity contribution is 1.18. The molecule has 0 aromatic rings. The van der Waals surface area contributed by atoms with Crippen molar-refractivity contribution in [3.63, 3.8) is 0 Å². The second kappa shape index (κ2) is 3.09. The van der Waals surface area contributed by atoms with Crippen LogP contribution in [0, 0.1) is 0 Å². The van der Waals surface area contributed by atoms with Crippen LogP contribution in [-0.2, 0) is 0 Å². The van der Waals surface area contributed by atoms with Gasteiger partial charge in [-0.1, -0.05) is 0 Å². The molecule has 11 heavy (non-hydrogen) atoms. The van der Waals surface area contributed by atoms with Gasteiger partial charge in [-0.3, -0.25) is 0 Å². The van der Waals surface area contributed by atoms with E-state index in [-0.39, 0.29) is 0 Å². The minimum atomic E-state index is -0.734. The molecular formula is C9H19BP+. The second-order valence-corrected chi connectivity index (χ2v) is 8.78. The first kappa shape index (κ1) is 9.58. The Morgan fingerprint density at radius 1 is 1.09 bits per heavy atom. The van der Waals surface area contributed by atoms with E-state index in [1.807, 2.05) is 0 Å². The van der Waals surface area contributed by atoms with E-state index in [0.717, 1.165) is 0 Å². The summed E-state index contributed by atoms with van der Waals surface area (Å²) in [6.45, 7) is 6.98. The SMILES string of the molecule is [B]C1([P+](CC)(CC)CC)CC1. The van der Waals surface area contributed by atoms with Gasteiger partial charge in [0.2, 0.25) is 0 Å². The topological polar surface area (TPSA) is 0 Å². The summed E-state index contributed by atoms with van der Waals surface area (Å²) in [5.41, 5.74) is 0. The molecule has 1 aliphatic carbocycles. The lowest BCUT2D eigenvalue weighted by atomic mass is 10.0. The largest absolute Gasteiger partial charge is 0.131 e. The zero-order valence-electron chi connectivity index (χ0n) is 8.06. The third kappa shape index (κ3) is 1.37. The van der Waals surface area contributed by atoms with E-state index in [2.05, 4.69) is 20.8 Å². The van der Waals surface area contributed by atoms with Crippen molar-refractivity contribution >= 4 is 15.1 Å². The number of rotatable bonds is 4. The maximum absolute atomic E-state index is 6.31. The van der Waals surface area contributed by atoms with Crippen molar-refractivity contribution in [3.05, 3.63) is 0 Å². The zero-order chi connectivity index (χ0) is 8.54. The highest BCUT2D eigenvalue weighted by Gasteiger charge is 2.58. The minimum absolute atomic E-state index is 0.325. The Hall–Kier alpha value is 0.495. The van der Waals surface area contributed by atoms with Gasteiger partial charge in [-0.15, -0.1) is 0 Å². The van der Waals surface area contributed by atoms with E-state index in [9.17, 15) is 0 Å². The van der Waals surface area contributed by atoms with E-state index in [1.54, 1.807) is 0 Å². The Kier molecular flexibility index (Phi) is 2.69. The predicted molar refractivity (Wildman–Crippen MR) is 56.3 cm³/mol. The minimum Gasteiger partial charge on any atom is -0.0311 e. The summed E-state index contributed by atoms with van der Waals surface area (Å²) in [5, 5.41) is 0.325. The first-order valence-electron chi connectivity index (χ1n) is 4.79. The van der Waals surface area contributed by atoms with Gasteiger partial charge < -0.3 is 0 Å². The van der Waals surface area contributed by atoms with E-state index in [0.29, 0.717) is 5.06 Å². The van der Waals surface area contributed by atoms with E-state index < -0.39 is 7.26 Å². The maximum atomic E-state index is 6.31. The van der Waals surface area contributed by atoms with Crippen molar-refractivity contribution in [2.24, 2.45) is 0 Å². The molecule has 0 bridgehead atoms. The molecule has 0 N–H and O–H groups in total. The van der Waals surface area contributed by atoms with Crippen LogP contribution in [0.1, 0.15) is 33.6 Å². The zero-order valence-corrected chi connectivity index (χ0v) is 8.95. The van der Waals surface area contributed by atoms with Crippen LogP contribution in [0.4, 0.5) is 0 Å². The Balaban J connectivity index is 2.71. The molecule has 0 heterocycles. The van der Waals surface area contributed by atoms with E-state index in [4.69, 9.17) is 7.85 Å². The fraction of sp³-hybridized carbons (Fsp3) is 1.00. The van der Waals surface area contributed by atoms with Crippen molar-refractivity contribution < 1.29 is 0 Å². The molecule has 0 nitrogen and oxygen atoms in total. The Labute approximate surface area is 72.9 Å². The third-order valence-electron chi connectivity index (χ3n) is 3.52. The van der Waals surface area contributed by atoms with Crippen molar-refractivity contribution in [1.29, 1.82) is 0 Å². The first-order chi connectivity index (χ1) is 5.14. The normalized spacial score (nSPS) is 21.7. The van der Waals surface area contributed by atoms with Crippen molar-refractivity contribution in [1.82, 2.24) is 0 Å². The van der Waals surface area contributed by atoms with Crippen LogP contribution in [0.15, 0.2) is 0 Å². The number of hydrogen-bond donors (Lipinski definition) is 0. The van der Waals surface area contributed by atoms with Crippen molar-refractivity contribution in [2.45, 2.75) is 38.7 Å². The summed E-state index contributed by atoms with van der Waals surface area (Å²) in [6, 6.07) is 0. The van der Waals surface area contributed by atoms with Crippen molar-refractivity contribution in [3.8, 4) is 0 Å². The molecule has 0 amide bonds. The molecule has 0 saturated heterocycles. The average molecular weight is 169 g/mol. The van der Waals surface area contributed by atoms with Gasteiger partial charge in [-0.25, -0.2) is 0 Å². The summed E-state index contributed by atoms with van der Waals surface area (Å²) in [4.78, 5) is 0. The van der Waals surface area contributed by atoms with Crippen LogP contribution in [0.3, 0.4) is 0 Å². The fourth-order valence-corrected chi connectivity index (χ4v) is 6.51. The summed E-state index contributed by atoms with van der Waals surface area (Å²) >= 11 is 0. The van der Waals surface area contributed by atoms with Gasteiger partial charge in [0, 0.05) is 12.3 Å². The molecular weight excluding hydrogens is 150 g/mol. The summed E-state index contributed by atoms with van der Waals surface area (Å²) in [7, 11) is 5.57. The quantitative estimate of drug-likeness (QED) is 0.448. The molecule has 1 aliphatic rings. The van der Waals surface area contributed by atoms with Gasteiger partial charge in [0.25, 0.3) is 0 Å². The Morgan fingerprint density at radius 2 is 1.45 bits per heavy atom. The molecule has 1 fully saturated rings. The van der Waals surface area contributed by atoms with E-state index in [1.165, 1.54) is 31.3 Å². The number of hydrogen-bond acceptors (Lipinski definition) is 0. The van der Waals surface area contributed by atoms with Crippen LogP contribution in [0.2, 0.25) is 0 Å². The second-order valence-electron chi connectivity index (χ2n) is 3.70. The summed E-state index contributed by atoms with van der Waals surface area (Å²) < 4.78 is 0. The lowest BCUT2D eigenvalue weighted by Gasteiger charge is -2.30. The highest BCUT2D eigenvalue weighted by atomic mass is 31.2. The summed E-state index contributed by atoms with van der Waals surface area (Å²) in [6.07, 6.45) is 6.68. The molecule has 2 heteroatoms. The summed E-state index contributed by atoms with van der Waals surface area (Å²) in [5.74, 6) is 0. The molecule has 0 aromatic heterocycles. The molecule has 1 rings (SSSR count). The maximum Gasteiger partial charge on any atom is 0.131 e. The average Bonchev–Trinajstić information content (AvgIpc) is 2.74. The van der Waals surface area contributed by atoms with Gasteiger partial charge in [0.15, 0.2) is 0 Å². The molecule has 0 spiro atoms. The molecule has 0 unspecified atom stereocenters. The monoisotopic (exact) mass is 169 g/mol. The van der Waals surface area contributed by atoms with Crippen LogP contribution in [-0.4, -0.2) is 31.4 Å². The van der Waals surface area contributed by atoms with Crippen LogP contribution < -0.4 is 0 Å². The highest BCUT2D eigenvalue weighted by Crippen LogP contribution is 2.75. The van der Waals surface area contributed by atoms with Gasteiger partial charge in [-0.2, -0.15) is 0 Å². The first-order valence-corrected chi connectivity index (χ1v) is 7.13. The molecule has 0 aromatic carbocycles. The molecule has 0 atom stereocenters. The van der Waals surface area contributed by atoms with Crippen LogP contribution in [0.25, 0.3) is 0 Å². The van der Waals surface area contributed by atoms with Crippen molar-refractivity contribution in [2.75, 3.05) is 18.5 Å². The van der Waals surface area contributed by atoms with Crippen LogP contribution >= 0.6 is 7.26 Å². The Morgan fingerprint density at radius 3 is 1.55 bits per heavy atom. The van der Waals surface area contributed by atoms with Gasteiger partial charge in [-0.05, 0) is 33.6 Å². The van der Waals surface area contributed by atoms with E-state index >= 15 is 0 Å². The molecule has 0 aliphatic heterocycles. The highest BCUT2D eigenvalue weighted by molar-refractivity contribution is 7.79.